The lowest BCUT2D eigenvalue weighted by atomic mass is 10.1. The molecule has 1 heterocycles. The molecule has 0 aromatic heterocycles. The molecule has 1 saturated heterocycles. The quantitative estimate of drug-likeness (QED) is 0.605. The fourth-order valence-electron chi connectivity index (χ4n) is 3.51. The minimum Gasteiger partial charge on any atom is -0.339 e. The molecule has 1 aliphatic rings. The van der Waals surface area contributed by atoms with E-state index in [0.717, 1.165) is 0 Å². The molecule has 1 aliphatic heterocycles. The van der Waals surface area contributed by atoms with Gasteiger partial charge in [-0.25, -0.2) is 0 Å². The van der Waals surface area contributed by atoms with Crippen molar-refractivity contribution in [3.05, 3.63) is 62.6 Å². The molecule has 0 aliphatic carbocycles. The monoisotopic (exact) mass is 495 g/mol. The number of hydrogen-bond donors (Lipinski definition) is 1. The van der Waals surface area contributed by atoms with E-state index in [4.69, 9.17) is 34.8 Å². The molecular weight excluding hydrogens is 473 g/mol. The zero-order valence-electron chi connectivity index (χ0n) is 18.0. The maximum atomic E-state index is 13.1. The average molecular weight is 497 g/mol. The van der Waals surface area contributed by atoms with Gasteiger partial charge in [-0.05, 0) is 63.1 Å². The topological polar surface area (TPSA) is 69.7 Å². The van der Waals surface area contributed by atoms with E-state index in [0.29, 0.717) is 40.7 Å². The predicted octanol–water partition coefficient (Wildman–Crippen LogP) is 5.37. The van der Waals surface area contributed by atoms with Crippen molar-refractivity contribution in [3.63, 3.8) is 0 Å². The van der Waals surface area contributed by atoms with Gasteiger partial charge in [0.15, 0.2) is 0 Å². The van der Waals surface area contributed by atoms with Crippen LogP contribution in [0.4, 0.5) is 5.69 Å². The number of benzene rings is 2. The van der Waals surface area contributed by atoms with E-state index in [1.54, 1.807) is 42.3 Å². The van der Waals surface area contributed by atoms with Gasteiger partial charge >= 0.3 is 0 Å². The molecule has 1 N–H and O–H groups in total. The molecule has 3 amide bonds. The van der Waals surface area contributed by atoms with Crippen molar-refractivity contribution in [2.75, 3.05) is 18.9 Å². The van der Waals surface area contributed by atoms with Crippen molar-refractivity contribution in [2.45, 2.75) is 38.8 Å². The van der Waals surface area contributed by atoms with Gasteiger partial charge in [-0.2, -0.15) is 0 Å². The van der Waals surface area contributed by atoms with Crippen LogP contribution in [-0.4, -0.2) is 53.2 Å². The highest BCUT2D eigenvalue weighted by Crippen LogP contribution is 2.29. The van der Waals surface area contributed by atoms with Crippen LogP contribution in [0.2, 0.25) is 15.1 Å². The van der Waals surface area contributed by atoms with E-state index in [2.05, 4.69) is 5.32 Å². The molecule has 1 atom stereocenters. The van der Waals surface area contributed by atoms with Crippen molar-refractivity contribution < 1.29 is 14.4 Å². The average Bonchev–Trinajstić information content (AvgIpc) is 3.25. The lowest BCUT2D eigenvalue weighted by Crippen LogP contribution is -2.43. The molecule has 32 heavy (non-hydrogen) atoms. The molecule has 3 rings (SSSR count). The molecule has 2 aromatic rings. The Kier molecular flexibility index (Phi) is 7.70. The molecular formula is C23H24Cl3N3O3. The van der Waals surface area contributed by atoms with E-state index in [-0.39, 0.29) is 34.3 Å². The Balaban J connectivity index is 1.80. The summed E-state index contributed by atoms with van der Waals surface area (Å²) >= 11 is 18.5. The Hall–Kier alpha value is -2.28. The summed E-state index contributed by atoms with van der Waals surface area (Å²) in [5.74, 6) is -0.915. The number of nitrogens with zero attached hydrogens (tertiary/aromatic N) is 2. The first-order valence-corrected chi connectivity index (χ1v) is 11.4. The summed E-state index contributed by atoms with van der Waals surface area (Å²) in [4.78, 5) is 41.9. The number of hydrogen-bond acceptors (Lipinski definition) is 3. The number of carbonyl (C=O) groups is 3. The Morgan fingerprint density at radius 1 is 1.06 bits per heavy atom. The summed E-state index contributed by atoms with van der Waals surface area (Å²) in [7, 11) is 1.71. The summed E-state index contributed by atoms with van der Waals surface area (Å²) < 4.78 is 0. The van der Waals surface area contributed by atoms with Crippen molar-refractivity contribution in [1.29, 1.82) is 0 Å². The summed E-state index contributed by atoms with van der Waals surface area (Å²) in [5.41, 5.74) is 0.979. The lowest BCUT2D eigenvalue weighted by molar-refractivity contribution is -0.119. The first kappa shape index (κ1) is 24.4. The SMILES string of the molecule is CC(C)N(C)C(=O)c1ccc(Cl)c(NC(=O)C2CCCN2C(=O)c2cc(Cl)ccc2Cl)c1. The van der Waals surface area contributed by atoms with Crippen LogP contribution in [0.1, 0.15) is 47.4 Å². The molecule has 1 fully saturated rings. The molecule has 0 saturated carbocycles. The predicted molar refractivity (Wildman–Crippen MR) is 128 cm³/mol. The van der Waals surface area contributed by atoms with E-state index >= 15 is 0 Å². The van der Waals surface area contributed by atoms with Crippen LogP contribution in [0, 0.1) is 0 Å². The number of carbonyl (C=O) groups excluding carboxylic acids is 3. The normalized spacial score (nSPS) is 15.7. The van der Waals surface area contributed by atoms with E-state index in [9.17, 15) is 14.4 Å². The Labute approximate surface area is 202 Å². The Morgan fingerprint density at radius 2 is 1.75 bits per heavy atom. The largest absolute Gasteiger partial charge is 0.339 e. The van der Waals surface area contributed by atoms with Crippen LogP contribution < -0.4 is 5.32 Å². The lowest BCUT2D eigenvalue weighted by Gasteiger charge is -2.25. The van der Waals surface area contributed by atoms with Gasteiger partial charge in [0, 0.05) is 30.2 Å². The highest BCUT2D eigenvalue weighted by molar-refractivity contribution is 6.36. The van der Waals surface area contributed by atoms with Crippen LogP contribution in [0.15, 0.2) is 36.4 Å². The second-order valence-corrected chi connectivity index (χ2v) is 9.23. The fraction of sp³-hybridized carbons (Fsp3) is 0.348. The highest BCUT2D eigenvalue weighted by atomic mass is 35.5. The van der Waals surface area contributed by atoms with Crippen LogP contribution in [0.3, 0.4) is 0 Å². The minimum absolute atomic E-state index is 0.0209. The molecule has 1 unspecified atom stereocenters. The van der Waals surface area contributed by atoms with Crippen LogP contribution in [0.5, 0.6) is 0 Å². The number of nitrogens with one attached hydrogen (secondary N) is 1. The van der Waals surface area contributed by atoms with Crippen LogP contribution in [-0.2, 0) is 4.79 Å². The summed E-state index contributed by atoms with van der Waals surface area (Å²) in [6.07, 6.45) is 1.18. The van der Waals surface area contributed by atoms with Crippen molar-refractivity contribution in [3.8, 4) is 0 Å². The zero-order chi connectivity index (χ0) is 23.6. The van der Waals surface area contributed by atoms with E-state index < -0.39 is 6.04 Å². The van der Waals surface area contributed by atoms with E-state index in [1.807, 2.05) is 13.8 Å². The first-order chi connectivity index (χ1) is 15.1. The second kappa shape index (κ2) is 10.1. The van der Waals surface area contributed by atoms with Gasteiger partial charge in [-0.15, -0.1) is 0 Å². The van der Waals surface area contributed by atoms with Crippen LogP contribution >= 0.6 is 34.8 Å². The van der Waals surface area contributed by atoms with Gasteiger partial charge in [0.25, 0.3) is 11.8 Å². The maximum absolute atomic E-state index is 13.1. The van der Waals surface area contributed by atoms with Gasteiger partial charge in [-0.3, -0.25) is 14.4 Å². The van der Waals surface area contributed by atoms with Crippen molar-refractivity contribution >= 4 is 58.2 Å². The number of amides is 3. The van der Waals surface area contributed by atoms with Crippen molar-refractivity contribution in [2.24, 2.45) is 0 Å². The third kappa shape index (κ3) is 5.20. The molecule has 2 aromatic carbocycles. The van der Waals surface area contributed by atoms with Gasteiger partial charge in [0.2, 0.25) is 5.91 Å². The Bertz CT molecular complexity index is 1060. The standard InChI is InChI=1S/C23H24Cl3N3O3/c1-13(2)28(3)22(31)14-6-8-18(26)19(11-14)27-21(30)20-5-4-10-29(20)23(32)16-12-15(24)7-9-17(16)25/h6-9,11-13,20H,4-5,10H2,1-3H3,(H,27,30). The smallest absolute Gasteiger partial charge is 0.256 e. The molecule has 0 spiro atoms. The van der Waals surface area contributed by atoms with Gasteiger partial charge in [0.05, 0.1) is 21.3 Å². The van der Waals surface area contributed by atoms with Crippen molar-refractivity contribution in [1.82, 2.24) is 9.80 Å². The third-order valence-electron chi connectivity index (χ3n) is 5.54. The second-order valence-electron chi connectivity index (χ2n) is 7.97. The number of halogens is 3. The highest BCUT2D eigenvalue weighted by Gasteiger charge is 2.35. The summed E-state index contributed by atoms with van der Waals surface area (Å²) in [6, 6.07) is 8.72. The zero-order valence-corrected chi connectivity index (χ0v) is 20.3. The van der Waals surface area contributed by atoms with E-state index in [1.165, 1.54) is 11.0 Å². The number of anilines is 1. The summed E-state index contributed by atoms with van der Waals surface area (Å²) in [5, 5.41) is 3.74. The number of likely N-dealkylation sites (tertiary alicyclic amines) is 1. The first-order valence-electron chi connectivity index (χ1n) is 10.2. The van der Waals surface area contributed by atoms with Gasteiger partial charge < -0.3 is 15.1 Å². The number of rotatable bonds is 5. The molecule has 0 radical (unpaired) electrons. The van der Waals surface area contributed by atoms with Crippen LogP contribution in [0.25, 0.3) is 0 Å². The molecule has 6 nitrogen and oxygen atoms in total. The third-order valence-corrected chi connectivity index (χ3v) is 6.44. The Morgan fingerprint density at radius 3 is 2.44 bits per heavy atom. The molecule has 170 valence electrons. The fourth-order valence-corrected chi connectivity index (χ4v) is 4.04. The van der Waals surface area contributed by atoms with Gasteiger partial charge in [-0.1, -0.05) is 34.8 Å². The summed E-state index contributed by atoms with van der Waals surface area (Å²) in [6.45, 7) is 4.24. The minimum atomic E-state index is -0.689. The molecule has 0 bridgehead atoms. The van der Waals surface area contributed by atoms with Gasteiger partial charge in [0.1, 0.15) is 6.04 Å². The molecule has 9 heteroatoms. The maximum Gasteiger partial charge on any atom is 0.256 e.